The third kappa shape index (κ3) is 3.54. The van der Waals surface area contributed by atoms with E-state index in [2.05, 4.69) is 15.9 Å². The summed E-state index contributed by atoms with van der Waals surface area (Å²) in [5.74, 6) is -0.652. The summed E-state index contributed by atoms with van der Waals surface area (Å²) in [6.07, 6.45) is -1.30. The van der Waals surface area contributed by atoms with Crippen LogP contribution in [0.2, 0.25) is 0 Å². The standard InChI is InChI=1S/C14H16BrNO5/c1-8-6-16(7-12(21-8)14(18)19)13(17)9-3-4-11(20-2)10(15)5-9/h3-5,8,12H,6-7H2,1-2H3,(H,18,19)/t8-,12?/m1/s1. The Bertz CT molecular complexity index is 562. The number of methoxy groups -OCH3 is 1. The molecule has 114 valence electrons. The second-order valence-corrected chi connectivity index (χ2v) is 5.69. The minimum absolute atomic E-state index is 0.0438. The molecule has 1 aliphatic heterocycles. The van der Waals surface area contributed by atoms with E-state index >= 15 is 0 Å². The first-order valence-corrected chi connectivity index (χ1v) is 7.22. The molecule has 21 heavy (non-hydrogen) atoms. The molecule has 1 N–H and O–H groups in total. The number of amides is 1. The SMILES string of the molecule is COc1ccc(C(=O)N2CC(C(=O)O)O[C@H](C)C2)cc1Br. The van der Waals surface area contributed by atoms with Gasteiger partial charge in [0.05, 0.1) is 24.2 Å². The molecule has 0 saturated carbocycles. The average molecular weight is 358 g/mol. The van der Waals surface area contributed by atoms with Crippen LogP contribution >= 0.6 is 15.9 Å². The number of rotatable bonds is 3. The van der Waals surface area contributed by atoms with Crippen LogP contribution in [-0.2, 0) is 9.53 Å². The number of carboxylic acids is 1. The molecule has 1 fully saturated rings. The first-order chi connectivity index (χ1) is 9.92. The number of nitrogens with zero attached hydrogens (tertiary/aromatic N) is 1. The predicted octanol–water partition coefficient (Wildman–Crippen LogP) is 1.77. The lowest BCUT2D eigenvalue weighted by atomic mass is 10.1. The van der Waals surface area contributed by atoms with Gasteiger partial charge in [-0.3, -0.25) is 4.79 Å². The van der Waals surface area contributed by atoms with E-state index in [0.717, 1.165) is 0 Å². The van der Waals surface area contributed by atoms with Crippen molar-refractivity contribution in [2.24, 2.45) is 0 Å². The molecule has 1 aromatic carbocycles. The number of benzene rings is 1. The predicted molar refractivity (Wildman–Crippen MR) is 78.6 cm³/mol. The second-order valence-electron chi connectivity index (χ2n) is 4.83. The monoisotopic (exact) mass is 357 g/mol. The Labute approximate surface area is 130 Å². The van der Waals surface area contributed by atoms with Crippen molar-refractivity contribution in [3.8, 4) is 5.75 Å². The largest absolute Gasteiger partial charge is 0.496 e. The lowest BCUT2D eigenvalue weighted by molar-refractivity contribution is -0.160. The molecule has 2 rings (SSSR count). The summed E-state index contributed by atoms with van der Waals surface area (Å²) in [6, 6.07) is 5.01. The highest BCUT2D eigenvalue weighted by atomic mass is 79.9. The number of halogens is 1. The van der Waals surface area contributed by atoms with E-state index in [0.29, 0.717) is 22.3 Å². The van der Waals surface area contributed by atoms with Gasteiger partial charge >= 0.3 is 5.97 Å². The van der Waals surface area contributed by atoms with Crippen molar-refractivity contribution in [2.75, 3.05) is 20.2 Å². The molecule has 1 aliphatic rings. The highest BCUT2D eigenvalue weighted by molar-refractivity contribution is 9.10. The molecule has 2 atom stereocenters. The van der Waals surface area contributed by atoms with Gasteiger partial charge < -0.3 is 19.5 Å². The fourth-order valence-corrected chi connectivity index (χ4v) is 2.78. The molecule has 0 aromatic heterocycles. The summed E-state index contributed by atoms with van der Waals surface area (Å²) in [6.45, 7) is 2.16. The van der Waals surface area contributed by atoms with Crippen LogP contribution in [0, 0.1) is 0 Å². The molecule has 0 bridgehead atoms. The molecule has 1 amide bonds. The Balaban J connectivity index is 2.18. The van der Waals surface area contributed by atoms with Crippen LogP contribution in [-0.4, -0.2) is 54.3 Å². The zero-order chi connectivity index (χ0) is 15.6. The van der Waals surface area contributed by atoms with Crippen LogP contribution in [0.1, 0.15) is 17.3 Å². The van der Waals surface area contributed by atoms with Gasteiger partial charge in [-0.15, -0.1) is 0 Å². The summed E-state index contributed by atoms with van der Waals surface area (Å²) in [5.41, 5.74) is 0.473. The van der Waals surface area contributed by atoms with Crippen LogP contribution in [0.5, 0.6) is 5.75 Å². The van der Waals surface area contributed by atoms with Gasteiger partial charge in [-0.05, 0) is 41.1 Å². The third-order valence-electron chi connectivity index (χ3n) is 3.22. The van der Waals surface area contributed by atoms with E-state index < -0.39 is 12.1 Å². The maximum atomic E-state index is 12.5. The maximum absolute atomic E-state index is 12.5. The number of carbonyl (C=O) groups is 2. The van der Waals surface area contributed by atoms with Gasteiger partial charge in [-0.2, -0.15) is 0 Å². The summed E-state index contributed by atoms with van der Waals surface area (Å²) in [7, 11) is 1.54. The molecule has 1 saturated heterocycles. The van der Waals surface area contributed by atoms with Crippen LogP contribution in [0.4, 0.5) is 0 Å². The van der Waals surface area contributed by atoms with Gasteiger partial charge in [0.1, 0.15) is 5.75 Å². The summed E-state index contributed by atoms with van der Waals surface area (Å²) in [5, 5.41) is 9.05. The number of carboxylic acid groups (broad SMARTS) is 1. The normalized spacial score (nSPS) is 22.0. The van der Waals surface area contributed by atoms with Gasteiger partial charge in [0.15, 0.2) is 6.10 Å². The van der Waals surface area contributed by atoms with Crippen molar-refractivity contribution in [1.29, 1.82) is 0 Å². The molecule has 0 aliphatic carbocycles. The Morgan fingerprint density at radius 3 is 2.71 bits per heavy atom. The summed E-state index contributed by atoms with van der Waals surface area (Å²) in [4.78, 5) is 25.0. The minimum Gasteiger partial charge on any atom is -0.496 e. The van der Waals surface area contributed by atoms with Crippen molar-refractivity contribution in [1.82, 2.24) is 4.90 Å². The van der Waals surface area contributed by atoms with Crippen molar-refractivity contribution < 1.29 is 24.2 Å². The average Bonchev–Trinajstić information content (AvgIpc) is 2.45. The lowest BCUT2D eigenvalue weighted by Gasteiger charge is -2.35. The number of ether oxygens (including phenoxy) is 2. The van der Waals surface area contributed by atoms with Gasteiger partial charge in [0.2, 0.25) is 0 Å². The van der Waals surface area contributed by atoms with Gasteiger partial charge in [-0.25, -0.2) is 4.79 Å². The molecule has 1 unspecified atom stereocenters. The molecular weight excluding hydrogens is 342 g/mol. The fraction of sp³-hybridized carbons (Fsp3) is 0.429. The van der Waals surface area contributed by atoms with Gasteiger partial charge in [0, 0.05) is 12.1 Å². The van der Waals surface area contributed by atoms with Crippen LogP contribution in [0.15, 0.2) is 22.7 Å². The number of carbonyl (C=O) groups excluding carboxylic acids is 1. The van der Waals surface area contributed by atoms with E-state index in [1.165, 1.54) is 4.90 Å². The van der Waals surface area contributed by atoms with Crippen molar-refractivity contribution in [2.45, 2.75) is 19.1 Å². The van der Waals surface area contributed by atoms with Crippen molar-refractivity contribution in [3.63, 3.8) is 0 Å². The van der Waals surface area contributed by atoms with Gasteiger partial charge in [-0.1, -0.05) is 0 Å². The second kappa shape index (κ2) is 6.44. The van der Waals surface area contributed by atoms with E-state index in [9.17, 15) is 9.59 Å². The number of morpholine rings is 1. The first kappa shape index (κ1) is 15.8. The highest BCUT2D eigenvalue weighted by Gasteiger charge is 2.33. The number of hydrogen-bond acceptors (Lipinski definition) is 4. The van der Waals surface area contributed by atoms with E-state index in [1.807, 2.05) is 0 Å². The maximum Gasteiger partial charge on any atom is 0.334 e. The Morgan fingerprint density at radius 2 is 2.14 bits per heavy atom. The smallest absolute Gasteiger partial charge is 0.334 e. The first-order valence-electron chi connectivity index (χ1n) is 6.43. The lowest BCUT2D eigenvalue weighted by Crippen LogP contribution is -2.51. The summed E-state index contributed by atoms with van der Waals surface area (Å²) >= 11 is 3.33. The molecule has 1 heterocycles. The summed E-state index contributed by atoms with van der Waals surface area (Å²) < 4.78 is 11.1. The van der Waals surface area contributed by atoms with E-state index in [-0.39, 0.29) is 18.6 Å². The topological polar surface area (TPSA) is 76.1 Å². The van der Waals surface area contributed by atoms with Crippen molar-refractivity contribution in [3.05, 3.63) is 28.2 Å². The minimum atomic E-state index is -1.06. The van der Waals surface area contributed by atoms with Gasteiger partial charge in [0.25, 0.3) is 5.91 Å². The molecular formula is C14H16BrNO5. The molecule has 0 spiro atoms. The van der Waals surface area contributed by atoms with Crippen molar-refractivity contribution >= 4 is 27.8 Å². The number of hydrogen-bond donors (Lipinski definition) is 1. The number of aliphatic carboxylic acids is 1. The molecule has 6 nitrogen and oxygen atoms in total. The third-order valence-corrected chi connectivity index (χ3v) is 3.84. The zero-order valence-electron chi connectivity index (χ0n) is 11.7. The highest BCUT2D eigenvalue weighted by Crippen LogP contribution is 2.26. The molecule has 0 radical (unpaired) electrons. The Kier molecular flexibility index (Phi) is 4.84. The Morgan fingerprint density at radius 1 is 1.43 bits per heavy atom. The Hall–Kier alpha value is -1.60. The molecule has 7 heteroatoms. The van der Waals surface area contributed by atoms with E-state index in [1.54, 1.807) is 32.2 Å². The zero-order valence-corrected chi connectivity index (χ0v) is 13.3. The fourth-order valence-electron chi connectivity index (χ4n) is 2.24. The van der Waals surface area contributed by atoms with Crippen LogP contribution < -0.4 is 4.74 Å². The quantitative estimate of drug-likeness (QED) is 0.891. The molecule has 1 aromatic rings. The van der Waals surface area contributed by atoms with Crippen LogP contribution in [0.25, 0.3) is 0 Å². The van der Waals surface area contributed by atoms with E-state index in [4.69, 9.17) is 14.6 Å². The van der Waals surface area contributed by atoms with Crippen LogP contribution in [0.3, 0.4) is 0 Å².